The van der Waals surface area contributed by atoms with Crippen LogP contribution in [0.3, 0.4) is 0 Å². The molecule has 6 aliphatic carbocycles. The maximum Gasteiger partial charge on any atom is 0.141 e. The quantitative estimate of drug-likeness (QED) is 0.630. The minimum Gasteiger partial charge on any atom is -0.299 e. The number of hydrogen-bond acceptors (Lipinski definition) is 2. The van der Waals surface area contributed by atoms with E-state index in [9.17, 15) is 9.59 Å². The maximum absolute atomic E-state index is 13.0. The zero-order valence-electron chi connectivity index (χ0n) is 11.3. The molecule has 0 saturated heterocycles. The predicted octanol–water partition coefficient (Wildman–Crippen LogP) is 2.26. The average Bonchev–Trinajstić information content (AvgIpc) is 3.21. The summed E-state index contributed by atoms with van der Waals surface area (Å²) in [6.07, 6.45) is 11.4. The molecule has 6 rings (SSSR count). The molecule has 0 unspecified atom stereocenters. The number of carbonyl (C=O) groups excluding carboxylic acids is 2. The lowest BCUT2D eigenvalue weighted by atomic mass is 9.77. The van der Waals surface area contributed by atoms with Crippen LogP contribution in [-0.4, -0.2) is 11.6 Å². The Labute approximate surface area is 118 Å². The van der Waals surface area contributed by atoms with Gasteiger partial charge in [0.05, 0.1) is 0 Å². The first-order chi connectivity index (χ1) is 9.75. The number of Topliss-reactive ketones (excluding diaryl/α,β-unsaturated/α-hetero) is 2. The van der Waals surface area contributed by atoms with E-state index in [1.165, 1.54) is 0 Å². The molecule has 4 saturated carbocycles. The van der Waals surface area contributed by atoms with Crippen molar-refractivity contribution in [2.75, 3.05) is 0 Å². The lowest BCUT2D eigenvalue weighted by molar-refractivity contribution is -0.127. The minimum absolute atomic E-state index is 0.0904. The van der Waals surface area contributed by atoms with Gasteiger partial charge in [-0.2, -0.15) is 0 Å². The third kappa shape index (κ3) is 0.889. The molecule has 0 spiro atoms. The van der Waals surface area contributed by atoms with Crippen molar-refractivity contribution in [1.29, 1.82) is 0 Å². The van der Waals surface area contributed by atoms with E-state index in [0.29, 0.717) is 47.1 Å². The highest BCUT2D eigenvalue weighted by atomic mass is 16.1. The van der Waals surface area contributed by atoms with Gasteiger partial charge in [-0.25, -0.2) is 0 Å². The number of hydrogen-bond donors (Lipinski definition) is 0. The molecule has 6 aliphatic rings. The Morgan fingerprint density at radius 3 is 1.45 bits per heavy atom. The first kappa shape index (κ1) is 10.5. The van der Waals surface area contributed by atoms with Crippen LogP contribution in [0.1, 0.15) is 12.8 Å². The lowest BCUT2D eigenvalue weighted by Crippen LogP contribution is -2.30. The van der Waals surface area contributed by atoms with Crippen molar-refractivity contribution in [1.82, 2.24) is 0 Å². The standard InChI is InChI=1S/C18H18O2/c19-17-13-9-3-1-7(5-9)11(13)15-16(17)12-8-2-4-10(6-8)14(12)18(15)20/h1-4,7-16H,5-6H2/t7-,8-,9-,10-,11+,12+,13-,14+,15-,16+/m0/s1. The van der Waals surface area contributed by atoms with Gasteiger partial charge in [-0.15, -0.1) is 0 Å². The van der Waals surface area contributed by atoms with Crippen molar-refractivity contribution in [2.24, 2.45) is 59.2 Å². The van der Waals surface area contributed by atoms with Gasteiger partial charge >= 0.3 is 0 Å². The maximum atomic E-state index is 13.0. The van der Waals surface area contributed by atoms with E-state index in [-0.39, 0.29) is 23.7 Å². The van der Waals surface area contributed by atoms with E-state index in [1.54, 1.807) is 0 Å². The zero-order chi connectivity index (χ0) is 13.2. The fourth-order valence-electron chi connectivity index (χ4n) is 7.16. The molecule has 4 fully saturated rings. The summed E-state index contributed by atoms with van der Waals surface area (Å²) in [7, 11) is 0. The molecule has 0 aromatic carbocycles. The third-order valence-corrected chi connectivity index (χ3v) is 7.57. The molecule has 4 bridgehead atoms. The summed E-state index contributed by atoms with van der Waals surface area (Å²) in [6.45, 7) is 0. The van der Waals surface area contributed by atoms with Gasteiger partial charge < -0.3 is 0 Å². The highest BCUT2D eigenvalue weighted by molar-refractivity contribution is 6.01. The highest BCUT2D eigenvalue weighted by Gasteiger charge is 2.71. The summed E-state index contributed by atoms with van der Waals surface area (Å²) in [4.78, 5) is 26.0. The molecule has 2 nitrogen and oxygen atoms in total. The Balaban J connectivity index is 1.51. The molecule has 102 valence electrons. The van der Waals surface area contributed by atoms with Crippen LogP contribution in [-0.2, 0) is 9.59 Å². The van der Waals surface area contributed by atoms with E-state index >= 15 is 0 Å². The lowest BCUT2D eigenvalue weighted by Gasteiger charge is -2.25. The predicted molar refractivity (Wildman–Crippen MR) is 72.4 cm³/mol. The van der Waals surface area contributed by atoms with Gasteiger partial charge in [0.25, 0.3) is 0 Å². The molecule has 0 aliphatic heterocycles. The SMILES string of the molecule is O=C1[C@@H]2[C@H]([C@@H]3C(=O)[C@H]4[C@H]([C@@H]13)[C@H]1C=C[C@H]4C1)[C@H]1C=C[C@H]2C1. The number of ketones is 2. The smallest absolute Gasteiger partial charge is 0.141 e. The van der Waals surface area contributed by atoms with E-state index in [4.69, 9.17) is 0 Å². The van der Waals surface area contributed by atoms with E-state index < -0.39 is 0 Å². The minimum atomic E-state index is 0.0904. The molecular weight excluding hydrogens is 248 g/mol. The van der Waals surface area contributed by atoms with Gasteiger partial charge in [-0.3, -0.25) is 9.59 Å². The van der Waals surface area contributed by atoms with Crippen LogP contribution >= 0.6 is 0 Å². The van der Waals surface area contributed by atoms with Gasteiger partial charge in [0.1, 0.15) is 11.6 Å². The Kier molecular flexibility index (Phi) is 1.59. The highest BCUT2D eigenvalue weighted by Crippen LogP contribution is 2.68. The summed E-state index contributed by atoms with van der Waals surface area (Å²) in [5.41, 5.74) is 0. The third-order valence-electron chi connectivity index (χ3n) is 7.57. The Morgan fingerprint density at radius 1 is 0.600 bits per heavy atom. The summed E-state index contributed by atoms with van der Waals surface area (Å²) in [5, 5.41) is 0. The second-order valence-corrected chi connectivity index (χ2v) is 7.96. The molecule has 0 heterocycles. The molecule has 20 heavy (non-hydrogen) atoms. The van der Waals surface area contributed by atoms with E-state index in [0.717, 1.165) is 12.8 Å². The molecule has 10 atom stereocenters. The van der Waals surface area contributed by atoms with Gasteiger partial charge in [0.2, 0.25) is 0 Å². The normalized spacial score (nSPS) is 63.4. The molecular formula is C18H18O2. The number of allylic oxidation sites excluding steroid dienone is 4. The van der Waals surface area contributed by atoms with Crippen LogP contribution in [0.15, 0.2) is 24.3 Å². The van der Waals surface area contributed by atoms with E-state index in [1.807, 2.05) is 0 Å². The second-order valence-electron chi connectivity index (χ2n) is 7.96. The van der Waals surface area contributed by atoms with Gasteiger partial charge in [0.15, 0.2) is 0 Å². The molecule has 0 radical (unpaired) electrons. The van der Waals surface area contributed by atoms with Crippen LogP contribution in [0.5, 0.6) is 0 Å². The van der Waals surface area contributed by atoms with Gasteiger partial charge in [-0.1, -0.05) is 24.3 Å². The van der Waals surface area contributed by atoms with Crippen molar-refractivity contribution in [2.45, 2.75) is 12.8 Å². The van der Waals surface area contributed by atoms with Crippen molar-refractivity contribution in [3.8, 4) is 0 Å². The number of rotatable bonds is 0. The van der Waals surface area contributed by atoms with Crippen LogP contribution in [0.4, 0.5) is 0 Å². The summed E-state index contributed by atoms with van der Waals surface area (Å²) in [6, 6.07) is 0. The monoisotopic (exact) mass is 266 g/mol. The van der Waals surface area contributed by atoms with Gasteiger partial charge in [-0.05, 0) is 48.3 Å². The molecule has 0 aromatic heterocycles. The largest absolute Gasteiger partial charge is 0.299 e. The van der Waals surface area contributed by atoms with Crippen LogP contribution in [0, 0.1) is 59.2 Å². The first-order valence-electron chi connectivity index (χ1n) is 8.20. The second kappa shape index (κ2) is 3.03. The van der Waals surface area contributed by atoms with Crippen molar-refractivity contribution in [3.05, 3.63) is 24.3 Å². The van der Waals surface area contributed by atoms with Crippen LogP contribution in [0.25, 0.3) is 0 Å². The summed E-state index contributed by atoms with van der Waals surface area (Å²) in [5.74, 6) is 4.25. The van der Waals surface area contributed by atoms with Crippen molar-refractivity contribution < 1.29 is 9.59 Å². The van der Waals surface area contributed by atoms with Gasteiger partial charge in [0, 0.05) is 23.7 Å². The molecule has 0 N–H and O–H groups in total. The summed E-state index contributed by atoms with van der Waals surface area (Å²) >= 11 is 0. The molecule has 2 heteroatoms. The average molecular weight is 266 g/mol. The van der Waals surface area contributed by atoms with Crippen molar-refractivity contribution >= 4 is 11.6 Å². The summed E-state index contributed by atoms with van der Waals surface area (Å²) < 4.78 is 0. The fourth-order valence-corrected chi connectivity index (χ4v) is 7.16. The zero-order valence-corrected chi connectivity index (χ0v) is 11.3. The molecule has 0 amide bonds. The van der Waals surface area contributed by atoms with Crippen molar-refractivity contribution in [3.63, 3.8) is 0 Å². The Morgan fingerprint density at radius 2 is 1.00 bits per heavy atom. The van der Waals surface area contributed by atoms with E-state index in [2.05, 4.69) is 24.3 Å². The van der Waals surface area contributed by atoms with Crippen LogP contribution in [0.2, 0.25) is 0 Å². The molecule has 0 aromatic rings. The fraction of sp³-hybridized carbons (Fsp3) is 0.667. The Hall–Kier alpha value is -1.18. The topological polar surface area (TPSA) is 34.1 Å². The Bertz CT molecular complexity index is 561. The van der Waals surface area contributed by atoms with Crippen LogP contribution < -0.4 is 0 Å². The first-order valence-corrected chi connectivity index (χ1v) is 8.20. The number of carbonyl (C=O) groups is 2. The number of fused-ring (bicyclic) bond motifs is 13.